The first-order valence-corrected chi connectivity index (χ1v) is 9.84. The van der Waals surface area contributed by atoms with Crippen LogP contribution in [0.1, 0.15) is 11.3 Å². The molecule has 0 N–H and O–H groups in total. The molecule has 0 saturated carbocycles. The first-order chi connectivity index (χ1) is 14.1. The largest absolute Gasteiger partial charge is 0.497 e. The molecule has 1 amide bonds. The molecule has 0 unspecified atom stereocenters. The lowest BCUT2D eigenvalue weighted by atomic mass is 10.1. The summed E-state index contributed by atoms with van der Waals surface area (Å²) in [6, 6.07) is 17.7. The van der Waals surface area contributed by atoms with Crippen LogP contribution in [-0.2, 0) is 17.8 Å². The van der Waals surface area contributed by atoms with Gasteiger partial charge in [-0.25, -0.2) is 9.37 Å². The number of pyridine rings is 1. The van der Waals surface area contributed by atoms with Gasteiger partial charge in [-0.3, -0.25) is 14.7 Å². The van der Waals surface area contributed by atoms with E-state index in [-0.39, 0.29) is 24.4 Å². The fourth-order valence-electron chi connectivity index (χ4n) is 2.95. The minimum Gasteiger partial charge on any atom is -0.497 e. The molecule has 0 spiro atoms. The molecule has 2 heterocycles. The Morgan fingerprint density at radius 3 is 2.62 bits per heavy atom. The van der Waals surface area contributed by atoms with Gasteiger partial charge in [0, 0.05) is 6.20 Å². The van der Waals surface area contributed by atoms with Crippen LogP contribution in [0.2, 0.25) is 0 Å². The van der Waals surface area contributed by atoms with E-state index in [1.54, 1.807) is 30.3 Å². The summed E-state index contributed by atoms with van der Waals surface area (Å²) in [6.07, 6.45) is 1.87. The number of hydrogen-bond acceptors (Lipinski definition) is 5. The number of carbonyl (C=O) groups excluding carboxylic acids is 1. The van der Waals surface area contributed by atoms with Crippen LogP contribution in [0, 0.1) is 5.82 Å². The third-order valence-corrected chi connectivity index (χ3v) is 5.49. The number of para-hydroxylation sites is 1. The van der Waals surface area contributed by atoms with Crippen LogP contribution in [-0.4, -0.2) is 23.0 Å². The van der Waals surface area contributed by atoms with E-state index in [2.05, 4.69) is 9.97 Å². The average Bonchev–Trinajstić information content (AvgIpc) is 3.18. The van der Waals surface area contributed by atoms with Crippen molar-refractivity contribution in [1.29, 1.82) is 0 Å². The highest BCUT2D eigenvalue weighted by Gasteiger charge is 2.22. The van der Waals surface area contributed by atoms with E-state index in [1.165, 1.54) is 17.4 Å². The molecule has 0 bridgehead atoms. The van der Waals surface area contributed by atoms with Crippen LogP contribution < -0.4 is 9.64 Å². The Bertz CT molecular complexity index is 1130. The zero-order valence-corrected chi connectivity index (χ0v) is 16.5. The van der Waals surface area contributed by atoms with Gasteiger partial charge >= 0.3 is 0 Å². The third-order valence-electron chi connectivity index (χ3n) is 4.45. The Morgan fingerprint density at radius 2 is 1.93 bits per heavy atom. The van der Waals surface area contributed by atoms with Gasteiger partial charge in [0.1, 0.15) is 17.1 Å². The van der Waals surface area contributed by atoms with E-state index in [1.807, 2.05) is 42.5 Å². The van der Waals surface area contributed by atoms with Crippen molar-refractivity contribution in [3.8, 4) is 5.75 Å². The standard InChI is InChI=1S/C22H18FN3O2S/c1-28-17-10-8-15(9-11-17)13-20(27)26(14-16-5-2-3-12-24-16)22-25-21-18(23)6-4-7-19(21)29-22/h2-12H,13-14H2,1H3. The summed E-state index contributed by atoms with van der Waals surface area (Å²) in [5.74, 6) is 0.193. The molecule has 0 radical (unpaired) electrons. The minimum atomic E-state index is -0.398. The van der Waals surface area contributed by atoms with Gasteiger partial charge in [-0.15, -0.1) is 0 Å². The second-order valence-corrected chi connectivity index (χ2v) is 7.42. The first kappa shape index (κ1) is 19.0. The number of ether oxygens (including phenoxy) is 1. The number of aromatic nitrogens is 2. The number of amides is 1. The summed E-state index contributed by atoms with van der Waals surface area (Å²) in [7, 11) is 1.60. The summed E-state index contributed by atoms with van der Waals surface area (Å²) in [4.78, 5) is 23.5. The zero-order valence-electron chi connectivity index (χ0n) is 15.7. The maximum atomic E-state index is 14.1. The molecule has 0 fully saturated rings. The summed E-state index contributed by atoms with van der Waals surface area (Å²) < 4.78 is 20.0. The van der Waals surface area contributed by atoms with E-state index < -0.39 is 5.82 Å². The minimum absolute atomic E-state index is 0.139. The van der Waals surface area contributed by atoms with Gasteiger partial charge in [0.15, 0.2) is 5.13 Å². The Kier molecular flexibility index (Phi) is 5.48. The lowest BCUT2D eigenvalue weighted by molar-refractivity contribution is -0.118. The molecule has 29 heavy (non-hydrogen) atoms. The number of halogens is 1. The Labute approximate surface area is 171 Å². The first-order valence-electron chi connectivity index (χ1n) is 9.02. The molecule has 4 aromatic rings. The van der Waals surface area contributed by atoms with Crippen molar-refractivity contribution in [2.45, 2.75) is 13.0 Å². The van der Waals surface area contributed by atoms with Crippen molar-refractivity contribution < 1.29 is 13.9 Å². The predicted octanol–water partition coefficient (Wildman–Crippen LogP) is 4.61. The summed E-state index contributed by atoms with van der Waals surface area (Å²) in [6.45, 7) is 0.261. The summed E-state index contributed by atoms with van der Waals surface area (Å²) in [5, 5.41) is 0.453. The molecular weight excluding hydrogens is 389 g/mol. The van der Waals surface area contributed by atoms with Crippen molar-refractivity contribution in [3.63, 3.8) is 0 Å². The zero-order chi connectivity index (χ0) is 20.2. The summed E-state index contributed by atoms with van der Waals surface area (Å²) >= 11 is 1.29. The highest BCUT2D eigenvalue weighted by molar-refractivity contribution is 7.22. The number of anilines is 1. The van der Waals surface area contributed by atoms with Crippen LogP contribution in [0.5, 0.6) is 5.75 Å². The summed E-state index contributed by atoms with van der Waals surface area (Å²) in [5.41, 5.74) is 1.86. The monoisotopic (exact) mass is 407 g/mol. The van der Waals surface area contributed by atoms with Gasteiger partial charge < -0.3 is 4.74 Å². The number of benzene rings is 2. The lowest BCUT2D eigenvalue weighted by Crippen LogP contribution is -2.32. The number of carbonyl (C=O) groups is 1. The van der Waals surface area contributed by atoms with Gasteiger partial charge in [-0.2, -0.15) is 0 Å². The average molecular weight is 407 g/mol. The quantitative estimate of drug-likeness (QED) is 0.468. The van der Waals surface area contributed by atoms with E-state index >= 15 is 0 Å². The van der Waals surface area contributed by atoms with Crippen LogP contribution in [0.15, 0.2) is 66.9 Å². The molecule has 0 saturated heterocycles. The molecule has 0 atom stereocenters. The van der Waals surface area contributed by atoms with Crippen molar-refractivity contribution in [2.24, 2.45) is 0 Å². The van der Waals surface area contributed by atoms with E-state index in [9.17, 15) is 9.18 Å². The smallest absolute Gasteiger partial charge is 0.233 e. The number of fused-ring (bicyclic) bond motifs is 1. The van der Waals surface area contributed by atoms with Gasteiger partial charge in [0.2, 0.25) is 5.91 Å². The van der Waals surface area contributed by atoms with Gasteiger partial charge in [0.05, 0.1) is 30.5 Å². The number of rotatable bonds is 6. The van der Waals surface area contributed by atoms with Crippen molar-refractivity contribution in [1.82, 2.24) is 9.97 Å². The molecule has 2 aromatic heterocycles. The fraction of sp³-hybridized carbons (Fsp3) is 0.136. The molecular formula is C22H18FN3O2S. The number of methoxy groups -OCH3 is 1. The Balaban J connectivity index is 1.66. The molecule has 0 aliphatic carbocycles. The second-order valence-electron chi connectivity index (χ2n) is 6.41. The maximum Gasteiger partial charge on any atom is 0.233 e. The predicted molar refractivity (Wildman–Crippen MR) is 112 cm³/mol. The number of nitrogens with zero attached hydrogens (tertiary/aromatic N) is 3. The van der Waals surface area contributed by atoms with Gasteiger partial charge in [0.25, 0.3) is 0 Å². The highest BCUT2D eigenvalue weighted by Crippen LogP contribution is 2.31. The molecule has 0 aliphatic rings. The number of hydrogen-bond donors (Lipinski definition) is 0. The number of thiazole rings is 1. The molecule has 7 heteroatoms. The SMILES string of the molecule is COc1ccc(CC(=O)N(Cc2ccccn2)c2nc3c(F)cccc3s2)cc1. The molecule has 0 aliphatic heterocycles. The highest BCUT2D eigenvalue weighted by atomic mass is 32.1. The van der Waals surface area contributed by atoms with Crippen molar-refractivity contribution in [3.05, 3.63) is 83.9 Å². The fourth-order valence-corrected chi connectivity index (χ4v) is 3.94. The normalized spacial score (nSPS) is 10.8. The maximum absolute atomic E-state index is 14.1. The van der Waals surface area contributed by atoms with E-state index in [0.29, 0.717) is 9.83 Å². The Hall–Kier alpha value is -3.32. The molecule has 146 valence electrons. The third kappa shape index (κ3) is 4.25. The van der Waals surface area contributed by atoms with Crippen molar-refractivity contribution in [2.75, 3.05) is 12.0 Å². The van der Waals surface area contributed by atoms with E-state index in [4.69, 9.17) is 4.74 Å². The van der Waals surface area contributed by atoms with Crippen LogP contribution in [0.4, 0.5) is 9.52 Å². The van der Waals surface area contributed by atoms with Gasteiger partial charge in [-0.05, 0) is 42.0 Å². The molecule has 2 aromatic carbocycles. The van der Waals surface area contributed by atoms with Gasteiger partial charge in [-0.1, -0.05) is 35.6 Å². The molecule has 4 rings (SSSR count). The van der Waals surface area contributed by atoms with E-state index in [0.717, 1.165) is 17.0 Å². The van der Waals surface area contributed by atoms with Crippen LogP contribution in [0.3, 0.4) is 0 Å². The van der Waals surface area contributed by atoms with Crippen molar-refractivity contribution >= 4 is 32.6 Å². The van der Waals surface area contributed by atoms with Crippen LogP contribution >= 0.6 is 11.3 Å². The van der Waals surface area contributed by atoms with Crippen LogP contribution in [0.25, 0.3) is 10.2 Å². The second kappa shape index (κ2) is 8.36. The Morgan fingerprint density at radius 1 is 1.10 bits per heavy atom. The topological polar surface area (TPSA) is 55.3 Å². The molecule has 5 nitrogen and oxygen atoms in total. The lowest BCUT2D eigenvalue weighted by Gasteiger charge is -2.19.